The number of carbonyl (C=O) groups is 1. The summed E-state index contributed by atoms with van der Waals surface area (Å²) in [5, 5.41) is 2.48. The number of halogens is 3. The highest BCUT2D eigenvalue weighted by Crippen LogP contribution is 2.27. The topological polar surface area (TPSA) is 84.5 Å². The maximum absolute atomic E-state index is 13.1. The minimum Gasteiger partial charge on any atom is -0.495 e. The van der Waals surface area contributed by atoms with E-state index in [4.69, 9.17) is 27.9 Å². The van der Waals surface area contributed by atoms with Gasteiger partial charge in [-0.3, -0.25) is 4.79 Å². The Hall–Kier alpha value is -1.87. The number of carbonyl (C=O) groups excluding carboxylic acids is 1. The molecule has 2 rings (SSSR count). The normalized spacial score (nSPS) is 12.5. The molecule has 0 saturated heterocycles. The summed E-state index contributed by atoms with van der Waals surface area (Å²) in [5.74, 6) is -1.21. The van der Waals surface area contributed by atoms with Crippen molar-refractivity contribution in [3.63, 3.8) is 0 Å². The number of nitrogens with one attached hydrogen (secondary N) is 2. The molecule has 0 fully saturated rings. The lowest BCUT2D eigenvalue weighted by atomic mass is 10.3. The lowest BCUT2D eigenvalue weighted by Crippen LogP contribution is -2.41. The van der Waals surface area contributed by atoms with Crippen LogP contribution in [-0.4, -0.2) is 27.5 Å². The number of anilines is 1. The predicted molar refractivity (Wildman–Crippen MR) is 97.8 cm³/mol. The van der Waals surface area contributed by atoms with Gasteiger partial charge in [0.1, 0.15) is 16.5 Å². The van der Waals surface area contributed by atoms with Gasteiger partial charge >= 0.3 is 0 Å². The van der Waals surface area contributed by atoms with E-state index in [1.807, 2.05) is 0 Å². The molecule has 0 aliphatic rings. The van der Waals surface area contributed by atoms with Crippen molar-refractivity contribution >= 4 is 44.8 Å². The van der Waals surface area contributed by atoms with Crippen molar-refractivity contribution in [2.24, 2.45) is 0 Å². The quantitative estimate of drug-likeness (QED) is 0.749. The zero-order chi connectivity index (χ0) is 19.5. The number of hydrogen-bond donors (Lipinski definition) is 2. The molecule has 2 aromatic carbocycles. The van der Waals surface area contributed by atoms with Crippen LogP contribution >= 0.6 is 23.2 Å². The molecular formula is C16H15Cl2FN2O4S. The van der Waals surface area contributed by atoms with Crippen molar-refractivity contribution in [3.8, 4) is 5.75 Å². The van der Waals surface area contributed by atoms with Crippen LogP contribution in [0.2, 0.25) is 10.0 Å². The van der Waals surface area contributed by atoms with Crippen molar-refractivity contribution in [1.82, 2.24) is 4.72 Å². The Morgan fingerprint density at radius 3 is 2.50 bits per heavy atom. The summed E-state index contributed by atoms with van der Waals surface area (Å²) in [7, 11) is -2.77. The fourth-order valence-corrected chi connectivity index (χ4v) is 3.85. The van der Waals surface area contributed by atoms with Gasteiger partial charge in [0.2, 0.25) is 15.9 Å². The summed E-state index contributed by atoms with van der Waals surface area (Å²) < 4.78 is 45.5. The maximum Gasteiger partial charge on any atom is 0.245 e. The van der Waals surface area contributed by atoms with Gasteiger partial charge in [-0.05, 0) is 43.3 Å². The largest absolute Gasteiger partial charge is 0.495 e. The summed E-state index contributed by atoms with van der Waals surface area (Å²) in [5.41, 5.74) is 0.229. The van der Waals surface area contributed by atoms with Gasteiger partial charge in [-0.25, -0.2) is 12.8 Å². The van der Waals surface area contributed by atoms with E-state index in [2.05, 4.69) is 10.0 Å². The molecular weight excluding hydrogens is 406 g/mol. The first-order valence-electron chi connectivity index (χ1n) is 7.26. The highest BCUT2D eigenvalue weighted by atomic mass is 35.5. The molecule has 0 bridgehead atoms. The van der Waals surface area contributed by atoms with Gasteiger partial charge in [0, 0.05) is 10.7 Å². The average molecular weight is 421 g/mol. The van der Waals surface area contributed by atoms with Gasteiger partial charge in [0.05, 0.1) is 18.2 Å². The Morgan fingerprint density at radius 1 is 1.19 bits per heavy atom. The molecule has 0 aromatic heterocycles. The lowest BCUT2D eigenvalue weighted by molar-refractivity contribution is -0.117. The first-order valence-corrected chi connectivity index (χ1v) is 9.49. The van der Waals surface area contributed by atoms with Crippen LogP contribution in [0.3, 0.4) is 0 Å². The molecule has 0 unspecified atom stereocenters. The smallest absolute Gasteiger partial charge is 0.245 e. The first kappa shape index (κ1) is 20.4. The second-order valence-corrected chi connectivity index (χ2v) is 7.78. The first-order chi connectivity index (χ1) is 12.1. The second kappa shape index (κ2) is 8.22. The van der Waals surface area contributed by atoms with Crippen LogP contribution in [0.1, 0.15) is 6.92 Å². The fraction of sp³-hybridized carbons (Fsp3) is 0.188. The van der Waals surface area contributed by atoms with Crippen LogP contribution in [0, 0.1) is 5.82 Å². The summed E-state index contributed by atoms with van der Waals surface area (Å²) in [6, 6.07) is 6.58. The summed E-state index contributed by atoms with van der Waals surface area (Å²) in [6.07, 6.45) is 0. The van der Waals surface area contributed by atoms with E-state index in [0.717, 1.165) is 6.07 Å². The van der Waals surface area contributed by atoms with E-state index in [9.17, 15) is 17.6 Å². The number of methoxy groups -OCH3 is 1. The molecule has 0 aliphatic carbocycles. The van der Waals surface area contributed by atoms with Crippen LogP contribution < -0.4 is 14.8 Å². The molecule has 1 atom stereocenters. The van der Waals surface area contributed by atoms with E-state index < -0.39 is 27.8 Å². The maximum atomic E-state index is 13.1. The Bertz CT molecular complexity index is 938. The van der Waals surface area contributed by atoms with Crippen molar-refractivity contribution in [2.75, 3.05) is 12.4 Å². The number of hydrogen-bond acceptors (Lipinski definition) is 4. The van der Waals surface area contributed by atoms with E-state index in [0.29, 0.717) is 0 Å². The second-order valence-electron chi connectivity index (χ2n) is 5.26. The van der Waals surface area contributed by atoms with E-state index in [1.54, 1.807) is 0 Å². The minimum atomic E-state index is -4.08. The molecule has 2 aromatic rings. The van der Waals surface area contributed by atoms with Gasteiger partial charge in [-0.2, -0.15) is 4.72 Å². The van der Waals surface area contributed by atoms with Crippen molar-refractivity contribution in [3.05, 3.63) is 52.3 Å². The number of benzene rings is 2. The zero-order valence-electron chi connectivity index (χ0n) is 13.7. The van der Waals surface area contributed by atoms with Crippen LogP contribution in [-0.2, 0) is 14.8 Å². The fourth-order valence-electron chi connectivity index (χ4n) is 2.03. The molecule has 0 aliphatic heterocycles. The van der Waals surface area contributed by atoms with Gasteiger partial charge in [0.15, 0.2) is 0 Å². The lowest BCUT2D eigenvalue weighted by Gasteiger charge is -2.16. The van der Waals surface area contributed by atoms with Crippen molar-refractivity contribution in [1.29, 1.82) is 0 Å². The Kier molecular flexibility index (Phi) is 6.46. The average Bonchev–Trinajstić information content (AvgIpc) is 2.57. The van der Waals surface area contributed by atoms with E-state index >= 15 is 0 Å². The highest BCUT2D eigenvalue weighted by molar-refractivity contribution is 7.89. The Balaban J connectivity index is 2.17. The molecule has 0 saturated carbocycles. The monoisotopic (exact) mass is 420 g/mol. The minimum absolute atomic E-state index is 0.0832. The molecule has 1 amide bonds. The standard InChI is InChI=1S/C16H15Cl2FN2O4S/c1-9(16(22)20-11-4-5-13(19)12(18)8-11)21-26(23,24)15-7-10(17)3-6-14(15)25-2/h3-9,21H,1-2H3,(H,20,22)/t9-/m1/s1. The van der Waals surface area contributed by atoms with Gasteiger partial charge in [-0.15, -0.1) is 0 Å². The van der Waals surface area contributed by atoms with Gasteiger partial charge in [-0.1, -0.05) is 23.2 Å². The van der Waals surface area contributed by atoms with Crippen molar-refractivity contribution < 1.29 is 22.3 Å². The Morgan fingerprint density at radius 2 is 1.88 bits per heavy atom. The number of amides is 1. The van der Waals surface area contributed by atoms with Crippen LogP contribution in [0.15, 0.2) is 41.3 Å². The predicted octanol–water partition coefficient (Wildman–Crippen LogP) is 3.45. The highest BCUT2D eigenvalue weighted by Gasteiger charge is 2.25. The van der Waals surface area contributed by atoms with Crippen LogP contribution in [0.25, 0.3) is 0 Å². The zero-order valence-corrected chi connectivity index (χ0v) is 16.0. The van der Waals surface area contributed by atoms with Crippen LogP contribution in [0.5, 0.6) is 5.75 Å². The Labute approximate surface area is 160 Å². The summed E-state index contributed by atoms with van der Waals surface area (Å²) in [6.45, 7) is 1.36. The third-order valence-corrected chi connectivity index (χ3v) is 5.41. The molecule has 2 N–H and O–H groups in total. The van der Waals surface area contributed by atoms with Crippen molar-refractivity contribution in [2.45, 2.75) is 17.9 Å². The molecule has 0 spiro atoms. The molecule has 140 valence electrons. The molecule has 6 nitrogen and oxygen atoms in total. The van der Waals surface area contributed by atoms with Crippen LogP contribution in [0.4, 0.5) is 10.1 Å². The molecule has 0 heterocycles. The SMILES string of the molecule is COc1ccc(Cl)cc1S(=O)(=O)N[C@H](C)C(=O)Nc1ccc(F)c(Cl)c1. The number of ether oxygens (including phenoxy) is 1. The number of sulfonamides is 1. The molecule has 0 radical (unpaired) electrons. The summed E-state index contributed by atoms with van der Waals surface area (Å²) >= 11 is 11.5. The number of rotatable bonds is 6. The molecule has 10 heteroatoms. The van der Waals surface area contributed by atoms with E-state index in [1.165, 1.54) is 44.4 Å². The third-order valence-electron chi connectivity index (χ3n) is 3.33. The summed E-state index contributed by atoms with van der Waals surface area (Å²) in [4.78, 5) is 12.0. The van der Waals surface area contributed by atoms with Gasteiger partial charge in [0.25, 0.3) is 0 Å². The van der Waals surface area contributed by atoms with E-state index in [-0.39, 0.29) is 26.4 Å². The third kappa shape index (κ3) is 4.85. The van der Waals surface area contributed by atoms with Gasteiger partial charge < -0.3 is 10.1 Å². The molecule has 26 heavy (non-hydrogen) atoms.